The Morgan fingerprint density at radius 3 is 2.32 bits per heavy atom. The highest BCUT2D eigenvalue weighted by Crippen LogP contribution is 2.17. The van der Waals surface area contributed by atoms with Gasteiger partial charge in [-0.25, -0.2) is 0 Å². The summed E-state index contributed by atoms with van der Waals surface area (Å²) in [5.74, 6) is 1.06. The molecule has 0 fully saturated rings. The minimum Gasteiger partial charge on any atom is -0.489 e. The number of carbonyl (C=O) groups is 1. The lowest BCUT2D eigenvalue weighted by Gasteiger charge is -2.07. The Bertz CT molecular complexity index is 1150. The summed E-state index contributed by atoms with van der Waals surface area (Å²) < 4.78 is 7.53. The summed E-state index contributed by atoms with van der Waals surface area (Å²) in [6.45, 7) is 3.12. The largest absolute Gasteiger partial charge is 0.489 e. The fourth-order valence-electron chi connectivity index (χ4n) is 3.04. The average molecular weight is 432 g/mol. The first-order valence-electron chi connectivity index (χ1n) is 9.93. The van der Waals surface area contributed by atoms with Crippen molar-refractivity contribution in [2.75, 3.05) is 5.32 Å². The molecule has 1 aromatic heterocycles. The van der Waals surface area contributed by atoms with Gasteiger partial charge in [-0.2, -0.15) is 5.10 Å². The summed E-state index contributed by atoms with van der Waals surface area (Å²) in [5.41, 5.74) is 3.90. The van der Waals surface area contributed by atoms with Crippen molar-refractivity contribution >= 4 is 23.3 Å². The number of halogens is 1. The fourth-order valence-corrected chi connectivity index (χ4v) is 3.16. The minimum absolute atomic E-state index is 0.203. The molecule has 3 aromatic carbocycles. The lowest BCUT2D eigenvalue weighted by molar-refractivity contribution is 0.102. The number of hydrogen-bond acceptors (Lipinski definition) is 3. The normalized spacial score (nSPS) is 10.6. The number of aromatic nitrogens is 2. The summed E-state index contributed by atoms with van der Waals surface area (Å²) in [6.07, 6.45) is 1.85. The second kappa shape index (κ2) is 9.49. The zero-order chi connectivity index (χ0) is 21.6. The molecule has 5 nitrogen and oxygen atoms in total. The third-order valence-corrected chi connectivity index (χ3v) is 5.03. The van der Waals surface area contributed by atoms with Gasteiger partial charge in [0.1, 0.15) is 12.4 Å². The van der Waals surface area contributed by atoms with Gasteiger partial charge < -0.3 is 10.1 Å². The van der Waals surface area contributed by atoms with Crippen molar-refractivity contribution in [3.8, 4) is 5.75 Å². The van der Waals surface area contributed by atoms with Crippen molar-refractivity contribution in [3.63, 3.8) is 0 Å². The van der Waals surface area contributed by atoms with E-state index in [4.69, 9.17) is 16.3 Å². The van der Waals surface area contributed by atoms with Gasteiger partial charge in [-0.3, -0.25) is 9.48 Å². The second-order valence-corrected chi connectivity index (χ2v) is 7.71. The smallest absolute Gasteiger partial charge is 0.256 e. The molecule has 31 heavy (non-hydrogen) atoms. The van der Waals surface area contributed by atoms with Crippen LogP contribution in [-0.2, 0) is 13.2 Å². The molecule has 4 aromatic rings. The van der Waals surface area contributed by atoms with Crippen LogP contribution < -0.4 is 10.1 Å². The van der Waals surface area contributed by atoms with Gasteiger partial charge in [-0.05, 0) is 54.4 Å². The third kappa shape index (κ3) is 5.74. The molecule has 0 aliphatic carbocycles. The predicted molar refractivity (Wildman–Crippen MR) is 123 cm³/mol. The SMILES string of the molecule is Cc1ccc(Cn2ccc(NC(=O)c3ccc(COc4ccc(Cl)cc4)cc3)n2)cc1. The van der Waals surface area contributed by atoms with Crippen molar-refractivity contribution in [2.24, 2.45) is 0 Å². The van der Waals surface area contributed by atoms with Gasteiger partial charge in [0.25, 0.3) is 5.91 Å². The first-order chi connectivity index (χ1) is 15.0. The Morgan fingerprint density at radius 1 is 0.935 bits per heavy atom. The van der Waals surface area contributed by atoms with Crippen molar-refractivity contribution in [1.82, 2.24) is 9.78 Å². The molecule has 0 radical (unpaired) electrons. The Hall–Kier alpha value is -3.57. The predicted octanol–water partition coefficient (Wildman–Crippen LogP) is 5.72. The van der Waals surface area contributed by atoms with Gasteiger partial charge in [0.2, 0.25) is 0 Å². The molecule has 1 N–H and O–H groups in total. The number of rotatable bonds is 7. The van der Waals surface area contributed by atoms with Gasteiger partial charge in [0.05, 0.1) is 6.54 Å². The lowest BCUT2D eigenvalue weighted by atomic mass is 10.1. The monoisotopic (exact) mass is 431 g/mol. The van der Waals surface area contributed by atoms with Crippen molar-refractivity contribution in [1.29, 1.82) is 0 Å². The number of nitrogens with one attached hydrogen (secondary N) is 1. The van der Waals surface area contributed by atoms with Crippen LogP contribution in [0.4, 0.5) is 5.82 Å². The molecule has 156 valence electrons. The zero-order valence-corrected chi connectivity index (χ0v) is 17.8. The molecule has 6 heteroatoms. The third-order valence-electron chi connectivity index (χ3n) is 4.78. The van der Waals surface area contributed by atoms with Crippen LogP contribution in [-0.4, -0.2) is 15.7 Å². The molecule has 0 atom stereocenters. The summed E-state index contributed by atoms with van der Waals surface area (Å²) in [7, 11) is 0. The van der Waals surface area contributed by atoms with Gasteiger partial charge in [0.15, 0.2) is 5.82 Å². The van der Waals surface area contributed by atoms with E-state index in [1.165, 1.54) is 5.56 Å². The number of hydrogen-bond donors (Lipinski definition) is 1. The summed E-state index contributed by atoms with van der Waals surface area (Å²) in [4.78, 5) is 12.5. The van der Waals surface area contributed by atoms with Crippen LogP contribution in [0.1, 0.15) is 27.0 Å². The second-order valence-electron chi connectivity index (χ2n) is 7.28. The molecule has 0 spiro atoms. The molecule has 0 unspecified atom stereocenters. The van der Waals surface area contributed by atoms with Crippen molar-refractivity contribution < 1.29 is 9.53 Å². The van der Waals surface area contributed by atoms with Crippen LogP contribution in [0.3, 0.4) is 0 Å². The number of nitrogens with zero attached hydrogens (tertiary/aromatic N) is 2. The number of benzene rings is 3. The number of carbonyl (C=O) groups excluding carboxylic acids is 1. The Kier molecular flexibility index (Phi) is 6.34. The first-order valence-corrected chi connectivity index (χ1v) is 10.3. The zero-order valence-electron chi connectivity index (χ0n) is 17.1. The van der Waals surface area contributed by atoms with E-state index >= 15 is 0 Å². The Labute approximate surface area is 186 Å². The lowest BCUT2D eigenvalue weighted by Crippen LogP contribution is -2.13. The first kappa shape index (κ1) is 20.7. The Balaban J connectivity index is 1.31. The maximum absolute atomic E-state index is 12.5. The Morgan fingerprint density at radius 2 is 1.61 bits per heavy atom. The summed E-state index contributed by atoms with van der Waals surface area (Å²) in [6, 6.07) is 24.6. The maximum atomic E-state index is 12.5. The van der Waals surface area contributed by atoms with E-state index in [2.05, 4.69) is 41.6 Å². The van der Waals surface area contributed by atoms with Crippen LogP contribution >= 0.6 is 11.6 Å². The van der Waals surface area contributed by atoms with E-state index in [1.54, 1.807) is 35.0 Å². The highest BCUT2D eigenvalue weighted by atomic mass is 35.5. The van der Waals surface area contributed by atoms with Gasteiger partial charge in [-0.1, -0.05) is 53.6 Å². The maximum Gasteiger partial charge on any atom is 0.256 e. The highest BCUT2D eigenvalue weighted by molar-refractivity contribution is 6.30. The number of anilines is 1. The molecular weight excluding hydrogens is 410 g/mol. The van der Waals surface area contributed by atoms with E-state index in [0.717, 1.165) is 16.9 Å². The van der Waals surface area contributed by atoms with Crippen molar-refractivity contribution in [2.45, 2.75) is 20.1 Å². The molecule has 0 aliphatic rings. The van der Waals surface area contributed by atoms with Gasteiger partial charge >= 0.3 is 0 Å². The molecule has 0 saturated carbocycles. The van der Waals surface area contributed by atoms with Crippen LogP contribution in [0.5, 0.6) is 5.75 Å². The number of aryl methyl sites for hydroxylation is 1. The topological polar surface area (TPSA) is 56.2 Å². The molecule has 0 bridgehead atoms. The minimum atomic E-state index is -0.203. The van der Waals surface area contributed by atoms with Gasteiger partial charge in [-0.15, -0.1) is 0 Å². The van der Waals surface area contributed by atoms with Crippen LogP contribution in [0.2, 0.25) is 5.02 Å². The van der Waals surface area contributed by atoms with E-state index < -0.39 is 0 Å². The quantitative estimate of drug-likeness (QED) is 0.407. The van der Waals surface area contributed by atoms with Gasteiger partial charge in [0, 0.05) is 22.8 Å². The fraction of sp³-hybridized carbons (Fsp3) is 0.120. The molecule has 1 amide bonds. The summed E-state index contributed by atoms with van der Waals surface area (Å²) >= 11 is 5.88. The van der Waals surface area contributed by atoms with E-state index in [0.29, 0.717) is 29.6 Å². The molecular formula is C25H22ClN3O2. The van der Waals surface area contributed by atoms with E-state index in [1.807, 2.05) is 30.5 Å². The van der Waals surface area contributed by atoms with Crippen LogP contribution in [0, 0.1) is 6.92 Å². The average Bonchev–Trinajstić information content (AvgIpc) is 3.22. The van der Waals surface area contributed by atoms with Crippen LogP contribution in [0.15, 0.2) is 85.1 Å². The van der Waals surface area contributed by atoms with Crippen molar-refractivity contribution in [3.05, 3.63) is 112 Å². The summed E-state index contributed by atoms with van der Waals surface area (Å²) in [5, 5.41) is 7.95. The number of amides is 1. The molecule has 0 saturated heterocycles. The molecule has 1 heterocycles. The molecule has 4 rings (SSSR count). The number of ether oxygens (including phenoxy) is 1. The van der Waals surface area contributed by atoms with E-state index in [-0.39, 0.29) is 5.91 Å². The van der Waals surface area contributed by atoms with E-state index in [9.17, 15) is 4.79 Å². The van der Waals surface area contributed by atoms with Crippen LogP contribution in [0.25, 0.3) is 0 Å². The standard InChI is InChI=1S/C25H22ClN3O2/c1-18-2-4-19(5-3-18)16-29-15-14-24(28-29)27-25(30)21-8-6-20(7-9-21)17-31-23-12-10-22(26)11-13-23/h2-15H,16-17H2,1H3,(H,27,28,30). The highest BCUT2D eigenvalue weighted by Gasteiger charge is 2.09. The molecule has 0 aliphatic heterocycles.